The number of anilines is 1. The normalized spacial score (nSPS) is 16.8. The fraction of sp³-hybridized carbons (Fsp3) is 0.476. The number of nitrogens with zero attached hydrogens (tertiary/aromatic N) is 2. The second-order valence-electron chi connectivity index (χ2n) is 7.30. The van der Waals surface area contributed by atoms with E-state index in [0.717, 1.165) is 46.6 Å². The molecule has 0 saturated carbocycles. The maximum atomic E-state index is 12.6. The van der Waals surface area contributed by atoms with Gasteiger partial charge in [0.05, 0.1) is 11.6 Å². The summed E-state index contributed by atoms with van der Waals surface area (Å²) < 4.78 is 0. The van der Waals surface area contributed by atoms with Crippen molar-refractivity contribution in [3.8, 4) is 0 Å². The molecule has 1 aromatic heterocycles. The van der Waals surface area contributed by atoms with Gasteiger partial charge < -0.3 is 10.2 Å². The number of para-hydroxylation sites is 1. The van der Waals surface area contributed by atoms with Gasteiger partial charge in [-0.05, 0) is 50.3 Å². The summed E-state index contributed by atoms with van der Waals surface area (Å²) in [5.74, 6) is -0.315. The molecular weight excluding hydrogens is 340 g/mol. The Morgan fingerprint density at radius 1 is 1.33 bits per heavy atom. The molecule has 0 unspecified atom stereocenters. The van der Waals surface area contributed by atoms with Crippen LogP contribution in [0.5, 0.6) is 0 Å². The van der Waals surface area contributed by atoms with Gasteiger partial charge in [-0.15, -0.1) is 0 Å². The highest BCUT2D eigenvalue weighted by Gasteiger charge is 2.36. The van der Waals surface area contributed by atoms with Crippen molar-refractivity contribution in [2.24, 2.45) is 5.92 Å². The average molecular weight is 368 g/mol. The van der Waals surface area contributed by atoms with Crippen molar-refractivity contribution in [2.75, 3.05) is 18.0 Å². The van der Waals surface area contributed by atoms with Gasteiger partial charge in [0.2, 0.25) is 11.8 Å². The van der Waals surface area contributed by atoms with Gasteiger partial charge in [0.1, 0.15) is 0 Å². The van der Waals surface area contributed by atoms with Gasteiger partial charge in [0, 0.05) is 30.9 Å². The number of carbonyl (C=O) groups is 2. The van der Waals surface area contributed by atoms with Gasteiger partial charge in [-0.25, -0.2) is 0 Å². The van der Waals surface area contributed by atoms with Gasteiger partial charge in [-0.2, -0.15) is 5.10 Å². The van der Waals surface area contributed by atoms with Crippen LogP contribution in [0.3, 0.4) is 0 Å². The number of aryl methyl sites for hydroxylation is 4. The molecule has 1 fully saturated rings. The molecule has 144 valence electrons. The first-order valence-corrected chi connectivity index (χ1v) is 9.59. The first kappa shape index (κ1) is 19.1. The minimum atomic E-state index is -0.298. The van der Waals surface area contributed by atoms with Crippen LogP contribution in [-0.2, 0) is 22.4 Å². The van der Waals surface area contributed by atoms with Gasteiger partial charge in [-0.1, -0.05) is 25.1 Å². The van der Waals surface area contributed by atoms with E-state index in [1.807, 2.05) is 32.9 Å². The zero-order valence-corrected chi connectivity index (χ0v) is 16.6. The maximum Gasteiger partial charge on any atom is 0.227 e. The number of hydrogen-bond acceptors (Lipinski definition) is 3. The summed E-state index contributed by atoms with van der Waals surface area (Å²) in [4.78, 5) is 27.0. The average Bonchev–Trinajstić information content (AvgIpc) is 3.18. The number of hydrogen-bond donors (Lipinski definition) is 2. The smallest absolute Gasteiger partial charge is 0.227 e. The van der Waals surface area contributed by atoms with Crippen LogP contribution in [0.15, 0.2) is 18.2 Å². The van der Waals surface area contributed by atoms with Crippen molar-refractivity contribution in [3.63, 3.8) is 0 Å². The molecule has 1 aromatic carbocycles. The van der Waals surface area contributed by atoms with Crippen molar-refractivity contribution < 1.29 is 9.59 Å². The van der Waals surface area contributed by atoms with E-state index in [4.69, 9.17) is 0 Å². The van der Waals surface area contributed by atoms with Crippen LogP contribution in [0.2, 0.25) is 0 Å². The quantitative estimate of drug-likeness (QED) is 0.823. The van der Waals surface area contributed by atoms with Crippen LogP contribution in [0.25, 0.3) is 0 Å². The SMILES string of the molecule is CCc1cccc(C)c1N1C[C@@H](C(=O)NCCc2c(C)n[nH]c2C)CC1=O. The van der Waals surface area contributed by atoms with Crippen molar-refractivity contribution in [1.29, 1.82) is 0 Å². The molecule has 2 N–H and O–H groups in total. The van der Waals surface area contributed by atoms with Crippen molar-refractivity contribution in [3.05, 3.63) is 46.3 Å². The van der Waals surface area contributed by atoms with Gasteiger partial charge in [0.15, 0.2) is 0 Å². The Hall–Kier alpha value is -2.63. The van der Waals surface area contributed by atoms with Crippen LogP contribution < -0.4 is 10.2 Å². The van der Waals surface area contributed by atoms with Crippen molar-refractivity contribution in [1.82, 2.24) is 15.5 Å². The minimum Gasteiger partial charge on any atom is -0.355 e. The van der Waals surface area contributed by atoms with E-state index < -0.39 is 0 Å². The topological polar surface area (TPSA) is 78.1 Å². The summed E-state index contributed by atoms with van der Waals surface area (Å²) in [5.41, 5.74) is 6.35. The molecule has 2 amide bonds. The Morgan fingerprint density at radius 3 is 2.78 bits per heavy atom. The fourth-order valence-electron chi connectivity index (χ4n) is 3.89. The van der Waals surface area contributed by atoms with E-state index in [1.54, 1.807) is 4.90 Å². The lowest BCUT2D eigenvalue weighted by Crippen LogP contribution is -2.34. The van der Waals surface area contributed by atoms with Gasteiger partial charge in [-0.3, -0.25) is 14.7 Å². The lowest BCUT2D eigenvalue weighted by molar-refractivity contribution is -0.126. The van der Waals surface area contributed by atoms with Gasteiger partial charge in [0.25, 0.3) is 0 Å². The zero-order valence-electron chi connectivity index (χ0n) is 16.6. The first-order valence-electron chi connectivity index (χ1n) is 9.59. The van der Waals surface area contributed by atoms with E-state index in [0.29, 0.717) is 13.1 Å². The molecule has 2 heterocycles. The van der Waals surface area contributed by atoms with Crippen LogP contribution >= 0.6 is 0 Å². The highest BCUT2D eigenvalue weighted by molar-refractivity contribution is 6.01. The van der Waals surface area contributed by atoms with E-state index in [1.165, 1.54) is 0 Å². The Morgan fingerprint density at radius 2 is 2.11 bits per heavy atom. The molecular formula is C21H28N4O2. The van der Waals surface area contributed by atoms with Crippen LogP contribution in [0, 0.1) is 26.7 Å². The number of nitrogens with one attached hydrogen (secondary N) is 2. The highest BCUT2D eigenvalue weighted by atomic mass is 16.2. The molecule has 2 aromatic rings. The number of H-pyrrole nitrogens is 1. The number of carbonyl (C=O) groups excluding carboxylic acids is 2. The molecule has 0 radical (unpaired) electrons. The third kappa shape index (κ3) is 3.89. The Bertz CT molecular complexity index is 836. The summed E-state index contributed by atoms with van der Waals surface area (Å²) in [6.07, 6.45) is 1.87. The number of aromatic nitrogens is 2. The lowest BCUT2D eigenvalue weighted by Gasteiger charge is -2.22. The van der Waals surface area contributed by atoms with E-state index in [2.05, 4.69) is 28.5 Å². The predicted octanol–water partition coefficient (Wildman–Crippen LogP) is 2.61. The Balaban J connectivity index is 1.63. The predicted molar refractivity (Wildman–Crippen MR) is 106 cm³/mol. The zero-order chi connectivity index (χ0) is 19.6. The molecule has 0 spiro atoms. The third-order valence-corrected chi connectivity index (χ3v) is 5.42. The van der Waals surface area contributed by atoms with Crippen LogP contribution in [-0.4, -0.2) is 35.1 Å². The van der Waals surface area contributed by atoms with Crippen LogP contribution in [0.1, 0.15) is 41.4 Å². The van der Waals surface area contributed by atoms with Gasteiger partial charge >= 0.3 is 0 Å². The molecule has 6 heteroatoms. The first-order chi connectivity index (χ1) is 12.9. The molecule has 27 heavy (non-hydrogen) atoms. The monoisotopic (exact) mass is 368 g/mol. The lowest BCUT2D eigenvalue weighted by atomic mass is 10.0. The van der Waals surface area contributed by atoms with Crippen molar-refractivity contribution in [2.45, 2.75) is 47.0 Å². The number of aromatic amines is 1. The molecule has 1 saturated heterocycles. The number of benzene rings is 1. The summed E-state index contributed by atoms with van der Waals surface area (Å²) in [6.45, 7) is 9.05. The van der Waals surface area contributed by atoms with E-state index >= 15 is 0 Å². The summed E-state index contributed by atoms with van der Waals surface area (Å²) in [5, 5.41) is 10.1. The standard InChI is InChI=1S/C21H28N4O2/c1-5-16-8-6-7-13(2)20(16)25-12-17(11-19(25)26)21(27)22-10-9-18-14(3)23-24-15(18)4/h6-8,17H,5,9-12H2,1-4H3,(H,22,27)(H,23,24)/t17-/m0/s1. The molecule has 1 aliphatic heterocycles. The summed E-state index contributed by atoms with van der Waals surface area (Å²) >= 11 is 0. The highest BCUT2D eigenvalue weighted by Crippen LogP contribution is 2.31. The molecule has 0 aliphatic carbocycles. The number of rotatable bonds is 6. The molecule has 6 nitrogen and oxygen atoms in total. The third-order valence-electron chi connectivity index (χ3n) is 5.42. The Kier molecular flexibility index (Phi) is 5.63. The summed E-state index contributed by atoms with van der Waals surface area (Å²) in [7, 11) is 0. The molecule has 0 bridgehead atoms. The molecule has 1 aliphatic rings. The fourth-order valence-corrected chi connectivity index (χ4v) is 3.89. The van der Waals surface area contributed by atoms with E-state index in [-0.39, 0.29) is 24.2 Å². The maximum absolute atomic E-state index is 12.6. The Labute approximate surface area is 160 Å². The van der Waals surface area contributed by atoms with Crippen molar-refractivity contribution >= 4 is 17.5 Å². The largest absolute Gasteiger partial charge is 0.355 e. The second kappa shape index (κ2) is 7.94. The second-order valence-corrected chi connectivity index (χ2v) is 7.30. The molecule has 3 rings (SSSR count). The molecule has 1 atom stereocenters. The number of amides is 2. The van der Waals surface area contributed by atoms with E-state index in [9.17, 15) is 9.59 Å². The minimum absolute atomic E-state index is 0.0284. The van der Waals surface area contributed by atoms with Crippen LogP contribution in [0.4, 0.5) is 5.69 Å². The summed E-state index contributed by atoms with van der Waals surface area (Å²) in [6, 6.07) is 6.09.